The van der Waals surface area contributed by atoms with Gasteiger partial charge in [0.05, 0.1) is 6.26 Å². The van der Waals surface area contributed by atoms with Gasteiger partial charge >= 0.3 is 5.97 Å². The van der Waals surface area contributed by atoms with Gasteiger partial charge in [0.25, 0.3) is 0 Å². The third kappa shape index (κ3) is 3.42. The van der Waals surface area contributed by atoms with Gasteiger partial charge < -0.3 is 9.66 Å². The molecule has 0 aromatic rings. The van der Waals surface area contributed by atoms with Crippen molar-refractivity contribution in [1.82, 2.24) is 5.32 Å². The third-order valence-corrected chi connectivity index (χ3v) is 2.52. The van der Waals surface area contributed by atoms with E-state index in [1.165, 1.54) is 6.26 Å². The van der Waals surface area contributed by atoms with Gasteiger partial charge in [-0.25, -0.2) is 0 Å². The first-order valence-electron chi connectivity index (χ1n) is 3.88. The SMILES string of the molecule is C[S+]([O-])C[C@H](NC1CC1)C(=O)O. The molecule has 0 aromatic heterocycles. The summed E-state index contributed by atoms with van der Waals surface area (Å²) in [5.41, 5.74) is 0. The van der Waals surface area contributed by atoms with E-state index in [1.54, 1.807) is 0 Å². The quantitative estimate of drug-likeness (QED) is 0.578. The first-order chi connectivity index (χ1) is 5.59. The van der Waals surface area contributed by atoms with Crippen LogP contribution in [0.2, 0.25) is 0 Å². The van der Waals surface area contributed by atoms with Crippen molar-refractivity contribution in [3.8, 4) is 0 Å². The van der Waals surface area contributed by atoms with Gasteiger partial charge in [0.1, 0.15) is 5.75 Å². The fraction of sp³-hybridized carbons (Fsp3) is 0.857. The highest BCUT2D eigenvalue weighted by atomic mass is 32.2. The lowest BCUT2D eigenvalue weighted by Gasteiger charge is -2.13. The summed E-state index contributed by atoms with van der Waals surface area (Å²) in [5, 5.41) is 11.6. The molecule has 1 unspecified atom stereocenters. The lowest BCUT2D eigenvalue weighted by atomic mass is 10.3. The van der Waals surface area contributed by atoms with Crippen molar-refractivity contribution in [3.05, 3.63) is 0 Å². The van der Waals surface area contributed by atoms with Crippen LogP contribution >= 0.6 is 0 Å². The minimum Gasteiger partial charge on any atom is -0.616 e. The fourth-order valence-corrected chi connectivity index (χ4v) is 1.67. The summed E-state index contributed by atoms with van der Waals surface area (Å²) in [7, 11) is 0. The van der Waals surface area contributed by atoms with Crippen LogP contribution in [-0.4, -0.2) is 39.7 Å². The third-order valence-electron chi connectivity index (χ3n) is 1.71. The summed E-state index contributed by atoms with van der Waals surface area (Å²) in [6, 6.07) is -0.294. The largest absolute Gasteiger partial charge is 0.616 e. The number of rotatable bonds is 5. The van der Waals surface area contributed by atoms with Crippen LogP contribution in [0.1, 0.15) is 12.8 Å². The van der Waals surface area contributed by atoms with E-state index in [-0.39, 0.29) is 5.75 Å². The average molecular weight is 191 g/mol. The highest BCUT2D eigenvalue weighted by molar-refractivity contribution is 7.90. The van der Waals surface area contributed by atoms with Gasteiger partial charge in [-0.1, -0.05) is 11.2 Å². The van der Waals surface area contributed by atoms with E-state index in [0.717, 1.165) is 12.8 Å². The maximum atomic E-state index is 10.8. The summed E-state index contributed by atoms with van der Waals surface area (Å²) in [6.07, 6.45) is 3.60. The number of carboxylic acid groups (broad SMARTS) is 1. The molecular formula is C7H13NO3S. The van der Waals surface area contributed by atoms with Gasteiger partial charge in [-0.15, -0.1) is 0 Å². The van der Waals surface area contributed by atoms with E-state index in [2.05, 4.69) is 5.32 Å². The summed E-state index contributed by atoms with van der Waals surface area (Å²) in [4.78, 5) is 10.6. The Morgan fingerprint density at radius 2 is 2.42 bits per heavy atom. The highest BCUT2D eigenvalue weighted by Gasteiger charge is 2.30. The Morgan fingerprint density at radius 3 is 2.75 bits per heavy atom. The first kappa shape index (κ1) is 9.83. The molecule has 2 N–H and O–H groups in total. The van der Waals surface area contributed by atoms with E-state index in [4.69, 9.17) is 5.11 Å². The predicted octanol–water partition coefficient (Wildman–Crippen LogP) is -0.430. The van der Waals surface area contributed by atoms with Gasteiger partial charge in [0, 0.05) is 6.04 Å². The van der Waals surface area contributed by atoms with E-state index >= 15 is 0 Å². The van der Waals surface area contributed by atoms with Crippen LogP contribution in [0, 0.1) is 0 Å². The molecule has 12 heavy (non-hydrogen) atoms. The van der Waals surface area contributed by atoms with Crippen molar-refractivity contribution in [2.45, 2.75) is 24.9 Å². The number of aliphatic carboxylic acids is 1. The molecule has 0 aliphatic heterocycles. The maximum Gasteiger partial charge on any atom is 0.325 e. The van der Waals surface area contributed by atoms with Crippen molar-refractivity contribution >= 4 is 17.1 Å². The number of hydrogen-bond acceptors (Lipinski definition) is 3. The molecule has 5 heteroatoms. The molecule has 0 spiro atoms. The fourth-order valence-electron chi connectivity index (χ4n) is 0.960. The second-order valence-corrected chi connectivity index (χ2v) is 4.55. The molecule has 0 amide bonds. The maximum absolute atomic E-state index is 10.8. The summed E-state index contributed by atoms with van der Waals surface area (Å²) in [6.45, 7) is 0. The monoisotopic (exact) mass is 191 g/mol. The summed E-state index contributed by atoms with van der Waals surface area (Å²) >= 11 is -1.05. The molecule has 1 fully saturated rings. The Labute approximate surface area is 74.5 Å². The number of carboxylic acids is 1. The Bertz CT molecular complexity index is 166. The van der Waals surface area contributed by atoms with E-state index in [0.29, 0.717) is 6.04 Å². The summed E-state index contributed by atoms with van der Waals surface area (Å²) in [5.74, 6) is -0.705. The van der Waals surface area contributed by atoms with Crippen LogP contribution in [0.25, 0.3) is 0 Å². The van der Waals surface area contributed by atoms with Gasteiger partial charge in [-0.2, -0.15) is 0 Å². The zero-order chi connectivity index (χ0) is 9.14. The Balaban J connectivity index is 2.31. The van der Waals surface area contributed by atoms with Crippen molar-refractivity contribution in [2.24, 2.45) is 0 Å². The lowest BCUT2D eigenvalue weighted by Crippen LogP contribution is -2.43. The van der Waals surface area contributed by atoms with Gasteiger partial charge in [-0.3, -0.25) is 10.1 Å². The molecule has 1 saturated carbocycles. The molecule has 1 rings (SSSR count). The zero-order valence-electron chi connectivity index (χ0n) is 6.95. The van der Waals surface area contributed by atoms with Gasteiger partial charge in [0.15, 0.2) is 6.04 Å². The predicted molar refractivity (Wildman–Crippen MR) is 46.5 cm³/mol. The minimum atomic E-state index is -1.05. The number of carbonyl (C=O) groups is 1. The standard InChI is InChI=1S/C7H13NO3S/c1-12(11)4-6(7(9)10)8-5-2-3-5/h5-6,8H,2-4H2,1H3,(H,9,10)/t6-,12?/m0/s1. The molecule has 0 aromatic carbocycles. The Morgan fingerprint density at radius 1 is 1.83 bits per heavy atom. The molecule has 0 saturated heterocycles. The Kier molecular flexibility index (Phi) is 3.37. The van der Waals surface area contributed by atoms with Gasteiger partial charge in [-0.05, 0) is 12.8 Å². The number of hydrogen-bond donors (Lipinski definition) is 2. The highest BCUT2D eigenvalue weighted by Crippen LogP contribution is 2.19. The topological polar surface area (TPSA) is 72.4 Å². The molecule has 0 heterocycles. The van der Waals surface area contributed by atoms with Crippen molar-refractivity contribution in [3.63, 3.8) is 0 Å². The van der Waals surface area contributed by atoms with Crippen molar-refractivity contribution in [1.29, 1.82) is 0 Å². The van der Waals surface area contributed by atoms with E-state index in [1.807, 2.05) is 0 Å². The lowest BCUT2D eigenvalue weighted by molar-refractivity contribution is -0.138. The smallest absolute Gasteiger partial charge is 0.325 e. The molecule has 70 valence electrons. The molecular weight excluding hydrogens is 178 g/mol. The van der Waals surface area contributed by atoms with Gasteiger partial charge in [0.2, 0.25) is 0 Å². The molecule has 1 aliphatic carbocycles. The van der Waals surface area contributed by atoms with Crippen LogP contribution in [0.4, 0.5) is 0 Å². The molecule has 4 nitrogen and oxygen atoms in total. The Hall–Kier alpha value is -0.260. The second kappa shape index (κ2) is 4.11. The molecule has 2 atom stereocenters. The molecule has 0 bridgehead atoms. The van der Waals surface area contributed by atoms with Crippen LogP contribution in [-0.2, 0) is 16.0 Å². The van der Waals surface area contributed by atoms with Crippen molar-refractivity contribution in [2.75, 3.05) is 12.0 Å². The molecule has 0 radical (unpaired) electrons. The average Bonchev–Trinajstić information content (AvgIpc) is 2.68. The van der Waals surface area contributed by atoms with Crippen LogP contribution in [0.5, 0.6) is 0 Å². The van der Waals surface area contributed by atoms with Crippen molar-refractivity contribution < 1.29 is 14.5 Å². The van der Waals surface area contributed by atoms with Crippen LogP contribution in [0.3, 0.4) is 0 Å². The summed E-state index contributed by atoms with van der Waals surface area (Å²) < 4.78 is 10.8. The van der Waals surface area contributed by atoms with E-state index in [9.17, 15) is 9.35 Å². The number of nitrogens with one attached hydrogen (secondary N) is 1. The van der Waals surface area contributed by atoms with Crippen LogP contribution in [0.15, 0.2) is 0 Å². The van der Waals surface area contributed by atoms with E-state index < -0.39 is 23.2 Å². The molecule has 1 aliphatic rings. The zero-order valence-corrected chi connectivity index (χ0v) is 7.76. The normalized spacial score (nSPS) is 21.8. The first-order valence-corrected chi connectivity index (χ1v) is 5.61. The second-order valence-electron chi connectivity index (χ2n) is 3.07. The minimum absolute atomic E-state index is 0.200. The van der Waals surface area contributed by atoms with Crippen LogP contribution < -0.4 is 5.32 Å².